The first-order valence-electron chi connectivity index (χ1n) is 9.45. The van der Waals surface area contributed by atoms with E-state index >= 15 is 0 Å². The van der Waals surface area contributed by atoms with E-state index in [1.54, 1.807) is 21.3 Å². The minimum atomic E-state index is 0. The molecule has 7 heteroatoms. The van der Waals surface area contributed by atoms with Crippen LogP contribution in [0.1, 0.15) is 11.1 Å². The van der Waals surface area contributed by atoms with E-state index in [9.17, 15) is 0 Å². The summed E-state index contributed by atoms with van der Waals surface area (Å²) in [5, 5.41) is 8.02. The summed E-state index contributed by atoms with van der Waals surface area (Å²) in [5.74, 6) is 2.30. The zero-order valence-corrected chi connectivity index (χ0v) is 19.4. The van der Waals surface area contributed by atoms with Crippen molar-refractivity contribution >= 4 is 40.8 Å². The molecular formula is C22H29IN4O2. The van der Waals surface area contributed by atoms with Gasteiger partial charge in [0.05, 0.1) is 14.2 Å². The quantitative estimate of drug-likeness (QED) is 0.246. The maximum atomic E-state index is 5.36. The van der Waals surface area contributed by atoms with Crippen LogP contribution in [0.15, 0.2) is 53.7 Å². The first-order chi connectivity index (χ1) is 13.7. The number of para-hydroxylation sites is 1. The molecule has 3 N–H and O–H groups in total. The Morgan fingerprint density at radius 2 is 1.69 bits per heavy atom. The zero-order chi connectivity index (χ0) is 19.8. The molecule has 2 aromatic carbocycles. The van der Waals surface area contributed by atoms with Crippen molar-refractivity contribution < 1.29 is 9.47 Å². The number of hydrogen-bond donors (Lipinski definition) is 3. The highest BCUT2D eigenvalue weighted by Gasteiger charge is 2.06. The van der Waals surface area contributed by atoms with Crippen molar-refractivity contribution in [3.05, 3.63) is 59.8 Å². The molecule has 0 aliphatic carbocycles. The monoisotopic (exact) mass is 508 g/mol. The predicted octanol–water partition coefficient (Wildman–Crippen LogP) is 3.75. The highest BCUT2D eigenvalue weighted by atomic mass is 127. The van der Waals surface area contributed by atoms with Crippen molar-refractivity contribution in [2.45, 2.75) is 12.8 Å². The van der Waals surface area contributed by atoms with E-state index in [1.807, 2.05) is 18.2 Å². The molecule has 3 rings (SSSR count). The summed E-state index contributed by atoms with van der Waals surface area (Å²) in [6, 6.07) is 14.4. The first kappa shape index (κ1) is 22.9. The highest BCUT2D eigenvalue weighted by molar-refractivity contribution is 14.0. The van der Waals surface area contributed by atoms with Crippen molar-refractivity contribution in [2.24, 2.45) is 4.99 Å². The van der Waals surface area contributed by atoms with Crippen LogP contribution in [-0.4, -0.2) is 45.3 Å². The van der Waals surface area contributed by atoms with Gasteiger partial charge in [0.25, 0.3) is 0 Å². The van der Waals surface area contributed by atoms with Crippen molar-refractivity contribution in [1.29, 1.82) is 0 Å². The maximum absolute atomic E-state index is 5.36. The average Bonchev–Trinajstić information content (AvgIpc) is 3.15. The Bertz CT molecular complexity index is 939. The number of fused-ring (bicyclic) bond motifs is 1. The fourth-order valence-corrected chi connectivity index (χ4v) is 3.24. The molecule has 0 atom stereocenters. The molecule has 0 aliphatic heterocycles. The number of benzene rings is 2. The summed E-state index contributed by atoms with van der Waals surface area (Å²) < 4.78 is 10.6. The molecule has 0 unspecified atom stereocenters. The summed E-state index contributed by atoms with van der Waals surface area (Å²) in [7, 11) is 5.09. The van der Waals surface area contributed by atoms with Crippen LogP contribution in [0.25, 0.3) is 10.9 Å². The third kappa shape index (κ3) is 6.03. The van der Waals surface area contributed by atoms with Gasteiger partial charge in [0.1, 0.15) is 0 Å². The Morgan fingerprint density at radius 3 is 2.41 bits per heavy atom. The van der Waals surface area contributed by atoms with Crippen molar-refractivity contribution in [3.63, 3.8) is 0 Å². The Kier molecular flexibility index (Phi) is 9.11. The Hall–Kier alpha value is -2.42. The van der Waals surface area contributed by atoms with Crippen LogP contribution in [-0.2, 0) is 12.8 Å². The van der Waals surface area contributed by atoms with Crippen LogP contribution in [0.2, 0.25) is 0 Å². The SMILES string of the molecule is CN=C(NCCc1ccc(OC)c(OC)c1)NCCc1c[nH]c2ccccc12.I. The van der Waals surface area contributed by atoms with Crippen molar-refractivity contribution in [1.82, 2.24) is 15.6 Å². The number of rotatable bonds is 8. The van der Waals surface area contributed by atoms with Crippen LogP contribution < -0.4 is 20.1 Å². The van der Waals surface area contributed by atoms with Gasteiger partial charge in [-0.05, 0) is 42.2 Å². The van der Waals surface area contributed by atoms with Gasteiger partial charge >= 0.3 is 0 Å². The average molecular weight is 508 g/mol. The molecule has 0 radical (unpaired) electrons. The smallest absolute Gasteiger partial charge is 0.190 e. The zero-order valence-electron chi connectivity index (χ0n) is 17.1. The maximum Gasteiger partial charge on any atom is 0.190 e. The molecule has 3 aromatic rings. The molecule has 1 aromatic heterocycles. The number of aromatic amines is 1. The third-order valence-electron chi connectivity index (χ3n) is 4.74. The molecular weight excluding hydrogens is 479 g/mol. The summed E-state index contributed by atoms with van der Waals surface area (Å²) in [4.78, 5) is 7.62. The van der Waals surface area contributed by atoms with Crippen molar-refractivity contribution in [3.8, 4) is 11.5 Å². The topological polar surface area (TPSA) is 70.7 Å². The van der Waals surface area contributed by atoms with Gasteiger partial charge in [-0.1, -0.05) is 24.3 Å². The number of aromatic nitrogens is 1. The van der Waals surface area contributed by atoms with Crippen LogP contribution in [0.4, 0.5) is 0 Å². The number of guanidine groups is 1. The molecule has 156 valence electrons. The summed E-state index contributed by atoms with van der Waals surface area (Å²) in [6.07, 6.45) is 3.88. The third-order valence-corrected chi connectivity index (χ3v) is 4.74. The van der Waals surface area contributed by atoms with E-state index in [0.29, 0.717) is 0 Å². The van der Waals surface area contributed by atoms with E-state index in [0.717, 1.165) is 43.4 Å². The summed E-state index contributed by atoms with van der Waals surface area (Å²) >= 11 is 0. The molecule has 0 amide bonds. The predicted molar refractivity (Wildman–Crippen MR) is 130 cm³/mol. The fourth-order valence-electron chi connectivity index (χ4n) is 3.24. The second-order valence-corrected chi connectivity index (χ2v) is 6.47. The summed E-state index contributed by atoms with van der Waals surface area (Å²) in [5.41, 5.74) is 3.67. The molecule has 0 bridgehead atoms. The standard InChI is InChI=1S/C22H28N4O2.HI/c1-23-22(24-12-10-16-8-9-20(27-2)21(14-16)28-3)25-13-11-17-15-26-19-7-5-4-6-18(17)19;/h4-9,14-15,26H,10-13H2,1-3H3,(H2,23,24,25);1H. The number of hydrogen-bond acceptors (Lipinski definition) is 3. The van der Waals surface area contributed by atoms with E-state index in [2.05, 4.69) is 51.1 Å². The molecule has 0 aliphatic rings. The number of methoxy groups -OCH3 is 2. The minimum absolute atomic E-state index is 0. The minimum Gasteiger partial charge on any atom is -0.493 e. The van der Waals surface area contributed by atoms with E-state index in [1.165, 1.54) is 22.0 Å². The second kappa shape index (κ2) is 11.5. The molecule has 0 spiro atoms. The number of aliphatic imine (C=N–C) groups is 1. The summed E-state index contributed by atoms with van der Waals surface area (Å²) in [6.45, 7) is 1.60. The van der Waals surface area contributed by atoms with Gasteiger partial charge in [-0.15, -0.1) is 24.0 Å². The van der Waals surface area contributed by atoms with Gasteiger partial charge in [0.15, 0.2) is 17.5 Å². The van der Waals surface area contributed by atoms with Gasteiger partial charge in [-0.25, -0.2) is 0 Å². The molecule has 0 saturated carbocycles. The Labute approximate surface area is 189 Å². The van der Waals surface area contributed by atoms with Crippen LogP contribution in [0, 0.1) is 0 Å². The lowest BCUT2D eigenvalue weighted by atomic mass is 10.1. The molecule has 1 heterocycles. The van der Waals surface area contributed by atoms with Gasteiger partial charge in [0, 0.05) is 37.2 Å². The van der Waals surface area contributed by atoms with E-state index < -0.39 is 0 Å². The number of nitrogens with one attached hydrogen (secondary N) is 3. The second-order valence-electron chi connectivity index (χ2n) is 6.47. The van der Waals surface area contributed by atoms with Crippen LogP contribution >= 0.6 is 24.0 Å². The molecule has 29 heavy (non-hydrogen) atoms. The first-order valence-corrected chi connectivity index (χ1v) is 9.45. The molecule has 0 saturated heterocycles. The molecule has 0 fully saturated rings. The normalized spacial score (nSPS) is 11.1. The Balaban J connectivity index is 0.00000300. The number of ether oxygens (including phenoxy) is 2. The van der Waals surface area contributed by atoms with Gasteiger partial charge in [-0.2, -0.15) is 0 Å². The lowest BCUT2D eigenvalue weighted by Gasteiger charge is -2.13. The Morgan fingerprint density at radius 1 is 0.966 bits per heavy atom. The lowest BCUT2D eigenvalue weighted by molar-refractivity contribution is 0.354. The molecule has 6 nitrogen and oxygen atoms in total. The fraction of sp³-hybridized carbons (Fsp3) is 0.318. The number of nitrogens with zero attached hydrogens (tertiary/aromatic N) is 1. The van der Waals surface area contributed by atoms with Crippen molar-refractivity contribution in [2.75, 3.05) is 34.4 Å². The van der Waals surface area contributed by atoms with Crippen LogP contribution in [0.3, 0.4) is 0 Å². The van der Waals surface area contributed by atoms with Gasteiger partial charge in [0.2, 0.25) is 0 Å². The van der Waals surface area contributed by atoms with Gasteiger partial charge < -0.3 is 25.1 Å². The number of halogens is 1. The number of H-pyrrole nitrogens is 1. The van der Waals surface area contributed by atoms with Gasteiger partial charge in [-0.3, -0.25) is 4.99 Å². The van der Waals surface area contributed by atoms with E-state index in [-0.39, 0.29) is 24.0 Å². The van der Waals surface area contributed by atoms with E-state index in [4.69, 9.17) is 9.47 Å². The lowest BCUT2D eigenvalue weighted by Crippen LogP contribution is -2.39. The highest BCUT2D eigenvalue weighted by Crippen LogP contribution is 2.27. The van der Waals surface area contributed by atoms with Crippen LogP contribution in [0.5, 0.6) is 11.5 Å². The largest absolute Gasteiger partial charge is 0.493 e.